The van der Waals surface area contributed by atoms with Crippen LogP contribution in [0.2, 0.25) is 0 Å². The van der Waals surface area contributed by atoms with E-state index in [1.54, 1.807) is 6.07 Å². The maximum Gasteiger partial charge on any atom is 0.387 e. The molecule has 1 amide bonds. The number of rotatable bonds is 5. The van der Waals surface area contributed by atoms with Crippen molar-refractivity contribution in [2.75, 3.05) is 13.2 Å². The fourth-order valence-corrected chi connectivity index (χ4v) is 2.26. The van der Waals surface area contributed by atoms with Gasteiger partial charge in [-0.25, -0.2) is 0 Å². The standard InChI is InChI=1S/C17H15F2NO4/c18-17(19)24-12-7-5-11(6-8-12)16(21)20-9-13-10-22-14-3-1-2-4-15(14)23-13/h1-8,13,17H,9-10H2,(H,20,21)/t13-/m0/s1. The summed E-state index contributed by atoms with van der Waals surface area (Å²) in [6, 6.07) is 12.8. The van der Waals surface area contributed by atoms with Crippen molar-refractivity contribution in [3.8, 4) is 17.2 Å². The van der Waals surface area contributed by atoms with Crippen LogP contribution in [0.4, 0.5) is 8.78 Å². The fraction of sp³-hybridized carbons (Fsp3) is 0.235. The van der Waals surface area contributed by atoms with E-state index in [9.17, 15) is 13.6 Å². The van der Waals surface area contributed by atoms with E-state index in [0.29, 0.717) is 23.7 Å². The average molecular weight is 335 g/mol. The van der Waals surface area contributed by atoms with Gasteiger partial charge in [0.15, 0.2) is 11.5 Å². The van der Waals surface area contributed by atoms with Crippen molar-refractivity contribution in [1.29, 1.82) is 0 Å². The van der Waals surface area contributed by atoms with Crippen LogP contribution >= 0.6 is 0 Å². The Labute approximate surface area is 137 Å². The van der Waals surface area contributed by atoms with Crippen LogP contribution in [0.1, 0.15) is 10.4 Å². The van der Waals surface area contributed by atoms with E-state index in [1.165, 1.54) is 24.3 Å². The van der Waals surface area contributed by atoms with Crippen molar-refractivity contribution in [3.05, 3.63) is 54.1 Å². The highest BCUT2D eigenvalue weighted by Gasteiger charge is 2.21. The molecular weight excluding hydrogens is 320 g/mol. The maximum atomic E-state index is 12.1. The number of carbonyl (C=O) groups is 1. The summed E-state index contributed by atoms with van der Waals surface area (Å²) in [4.78, 5) is 12.1. The lowest BCUT2D eigenvalue weighted by Crippen LogP contribution is -2.40. The van der Waals surface area contributed by atoms with E-state index in [1.807, 2.05) is 18.2 Å². The molecule has 3 rings (SSSR count). The zero-order valence-electron chi connectivity index (χ0n) is 12.6. The van der Waals surface area contributed by atoms with Crippen LogP contribution in [-0.2, 0) is 0 Å². The van der Waals surface area contributed by atoms with Crippen LogP contribution in [0.15, 0.2) is 48.5 Å². The maximum absolute atomic E-state index is 12.1. The van der Waals surface area contributed by atoms with Gasteiger partial charge in [-0.3, -0.25) is 4.79 Å². The smallest absolute Gasteiger partial charge is 0.387 e. The molecule has 0 radical (unpaired) electrons. The highest BCUT2D eigenvalue weighted by atomic mass is 19.3. The van der Waals surface area contributed by atoms with Gasteiger partial charge in [-0.15, -0.1) is 0 Å². The molecule has 0 saturated carbocycles. The van der Waals surface area contributed by atoms with Crippen molar-refractivity contribution in [2.24, 2.45) is 0 Å². The minimum absolute atomic E-state index is 0.00201. The Kier molecular flexibility index (Phi) is 4.79. The Morgan fingerprint density at radius 3 is 2.58 bits per heavy atom. The quantitative estimate of drug-likeness (QED) is 0.913. The zero-order chi connectivity index (χ0) is 16.9. The topological polar surface area (TPSA) is 56.8 Å². The molecule has 2 aromatic rings. The number of nitrogens with one attached hydrogen (secondary N) is 1. The Hall–Kier alpha value is -2.83. The first kappa shape index (κ1) is 16.0. The van der Waals surface area contributed by atoms with Crippen molar-refractivity contribution in [2.45, 2.75) is 12.7 Å². The first-order valence-electron chi connectivity index (χ1n) is 7.33. The van der Waals surface area contributed by atoms with Crippen LogP contribution in [0.25, 0.3) is 0 Å². The first-order chi connectivity index (χ1) is 11.6. The first-order valence-corrected chi connectivity index (χ1v) is 7.33. The molecule has 0 aliphatic carbocycles. The predicted octanol–water partition coefficient (Wildman–Crippen LogP) is 2.86. The molecular formula is C17H15F2NO4. The summed E-state index contributed by atoms with van der Waals surface area (Å²) in [5, 5.41) is 2.73. The number of carbonyl (C=O) groups excluding carboxylic acids is 1. The van der Waals surface area contributed by atoms with Crippen LogP contribution in [0, 0.1) is 0 Å². The van der Waals surface area contributed by atoms with Gasteiger partial charge in [0.25, 0.3) is 5.91 Å². The minimum atomic E-state index is -2.89. The van der Waals surface area contributed by atoms with Crippen molar-refractivity contribution >= 4 is 5.91 Å². The molecule has 5 nitrogen and oxygen atoms in total. The molecule has 1 aliphatic rings. The van der Waals surface area contributed by atoms with Gasteiger partial charge in [0.1, 0.15) is 18.5 Å². The van der Waals surface area contributed by atoms with Crippen molar-refractivity contribution in [3.63, 3.8) is 0 Å². The Balaban J connectivity index is 1.52. The van der Waals surface area contributed by atoms with Gasteiger partial charge in [0, 0.05) is 5.56 Å². The lowest BCUT2D eigenvalue weighted by atomic mass is 10.2. The average Bonchev–Trinajstić information content (AvgIpc) is 2.59. The monoisotopic (exact) mass is 335 g/mol. The third-order valence-electron chi connectivity index (χ3n) is 3.40. The number of hydrogen-bond donors (Lipinski definition) is 1. The molecule has 0 saturated heterocycles. The molecule has 0 aromatic heterocycles. The highest BCUT2D eigenvalue weighted by Crippen LogP contribution is 2.30. The summed E-state index contributed by atoms with van der Waals surface area (Å²) in [5.74, 6) is 0.981. The van der Waals surface area contributed by atoms with Gasteiger partial charge in [0.2, 0.25) is 0 Å². The number of fused-ring (bicyclic) bond motifs is 1. The summed E-state index contributed by atoms with van der Waals surface area (Å²) < 4.78 is 39.7. The molecule has 0 bridgehead atoms. The highest BCUT2D eigenvalue weighted by molar-refractivity contribution is 5.94. The molecule has 1 heterocycles. The van der Waals surface area contributed by atoms with Crippen LogP contribution < -0.4 is 19.5 Å². The van der Waals surface area contributed by atoms with Crippen LogP contribution in [-0.4, -0.2) is 31.8 Å². The van der Waals surface area contributed by atoms with E-state index in [2.05, 4.69) is 10.1 Å². The molecule has 1 aliphatic heterocycles. The number of hydrogen-bond acceptors (Lipinski definition) is 4. The second kappa shape index (κ2) is 7.16. The van der Waals surface area contributed by atoms with E-state index in [4.69, 9.17) is 9.47 Å². The summed E-state index contributed by atoms with van der Waals surface area (Å²) in [7, 11) is 0. The molecule has 1 N–H and O–H groups in total. The van der Waals surface area contributed by atoms with Gasteiger partial charge in [0.05, 0.1) is 6.54 Å². The minimum Gasteiger partial charge on any atom is -0.486 e. The number of halogens is 2. The third kappa shape index (κ3) is 3.92. The third-order valence-corrected chi connectivity index (χ3v) is 3.40. The number of para-hydroxylation sites is 2. The van der Waals surface area contributed by atoms with Gasteiger partial charge in [-0.05, 0) is 36.4 Å². The van der Waals surface area contributed by atoms with Gasteiger partial charge in [-0.2, -0.15) is 8.78 Å². The van der Waals surface area contributed by atoms with E-state index < -0.39 is 6.61 Å². The summed E-state index contributed by atoms with van der Waals surface area (Å²) >= 11 is 0. The predicted molar refractivity (Wildman–Crippen MR) is 81.8 cm³/mol. The normalized spacial score (nSPS) is 15.9. The number of alkyl halides is 2. The molecule has 1 atom stereocenters. The summed E-state index contributed by atoms with van der Waals surface area (Å²) in [6.07, 6.45) is -0.301. The van der Waals surface area contributed by atoms with Crippen LogP contribution in [0.3, 0.4) is 0 Å². The largest absolute Gasteiger partial charge is 0.486 e. The molecule has 7 heteroatoms. The van der Waals surface area contributed by atoms with Gasteiger partial charge in [-0.1, -0.05) is 12.1 Å². The number of benzene rings is 2. The van der Waals surface area contributed by atoms with E-state index in [-0.39, 0.29) is 24.3 Å². The van der Waals surface area contributed by atoms with Crippen molar-refractivity contribution in [1.82, 2.24) is 5.32 Å². The van der Waals surface area contributed by atoms with Crippen molar-refractivity contribution < 1.29 is 27.8 Å². The molecule has 2 aromatic carbocycles. The Morgan fingerprint density at radius 1 is 1.17 bits per heavy atom. The SMILES string of the molecule is O=C(NC[C@H]1COc2ccccc2O1)c1ccc(OC(F)F)cc1. The summed E-state index contributed by atoms with van der Waals surface area (Å²) in [5.41, 5.74) is 0.341. The lowest BCUT2D eigenvalue weighted by molar-refractivity contribution is -0.0498. The van der Waals surface area contributed by atoms with Gasteiger partial charge < -0.3 is 19.5 Å². The fourth-order valence-electron chi connectivity index (χ4n) is 2.26. The summed E-state index contributed by atoms with van der Waals surface area (Å²) in [6.45, 7) is -2.29. The van der Waals surface area contributed by atoms with E-state index >= 15 is 0 Å². The van der Waals surface area contributed by atoms with Crippen LogP contribution in [0.5, 0.6) is 17.2 Å². The molecule has 0 fully saturated rings. The Bertz CT molecular complexity index is 706. The lowest BCUT2D eigenvalue weighted by Gasteiger charge is -2.26. The molecule has 126 valence electrons. The molecule has 0 unspecified atom stereocenters. The van der Waals surface area contributed by atoms with E-state index in [0.717, 1.165) is 0 Å². The Morgan fingerprint density at radius 2 is 1.88 bits per heavy atom. The second-order valence-corrected chi connectivity index (χ2v) is 5.11. The number of ether oxygens (including phenoxy) is 3. The molecule has 24 heavy (non-hydrogen) atoms. The zero-order valence-corrected chi connectivity index (χ0v) is 12.6. The second-order valence-electron chi connectivity index (χ2n) is 5.11. The number of amides is 1. The molecule has 0 spiro atoms. The van der Waals surface area contributed by atoms with Gasteiger partial charge >= 0.3 is 6.61 Å².